The van der Waals surface area contributed by atoms with Gasteiger partial charge >= 0.3 is 45.2 Å². The van der Waals surface area contributed by atoms with E-state index in [4.69, 9.17) is 4.55 Å². The van der Waals surface area contributed by atoms with Crippen molar-refractivity contribution in [3.05, 3.63) is 0 Å². The van der Waals surface area contributed by atoms with E-state index in [0.29, 0.717) is 7.11 Å². The molecule has 36 heavy (non-hydrogen) atoms. The molecule has 0 saturated heterocycles. The monoisotopic (exact) mass is 558 g/mol. The fourth-order valence-corrected chi connectivity index (χ4v) is 6.44. The second kappa shape index (κ2) is 9.26. The van der Waals surface area contributed by atoms with Crippen LogP contribution in [0, 0.1) is 23.2 Å². The molecule has 4 fully saturated rings. The summed E-state index contributed by atoms with van der Waals surface area (Å²) in [5.41, 5.74) is -1.28. The first-order valence-electron chi connectivity index (χ1n) is 11.1. The second-order valence-electron chi connectivity index (χ2n) is 9.84. The molecule has 4 saturated carbocycles. The molecule has 0 aliphatic heterocycles. The Bertz CT molecular complexity index is 946. The Hall–Kier alpha value is -1.68. The first-order chi connectivity index (χ1) is 16.3. The van der Waals surface area contributed by atoms with Crippen LogP contribution in [0.3, 0.4) is 0 Å². The number of alkyl halides is 7. The van der Waals surface area contributed by atoms with Crippen LogP contribution in [0.15, 0.2) is 0 Å². The third-order valence-corrected chi connectivity index (χ3v) is 8.17. The summed E-state index contributed by atoms with van der Waals surface area (Å²) in [5.74, 6) is -13.0. The molecule has 16 heteroatoms. The Labute approximate surface area is 201 Å². The molecule has 0 amide bonds. The van der Waals surface area contributed by atoms with Crippen LogP contribution in [-0.4, -0.2) is 61.8 Å². The summed E-state index contributed by atoms with van der Waals surface area (Å²) in [5, 5.41) is -5.94. The van der Waals surface area contributed by atoms with Crippen LogP contribution in [0.1, 0.15) is 51.4 Å². The van der Waals surface area contributed by atoms with Crippen LogP contribution in [0.5, 0.6) is 0 Å². The molecule has 0 aromatic carbocycles. The van der Waals surface area contributed by atoms with Crippen LogP contribution in [0.4, 0.5) is 30.7 Å². The molecule has 1 unspecified atom stereocenters. The number of carbonyl (C=O) groups excluding carboxylic acids is 2. The lowest BCUT2D eigenvalue weighted by Gasteiger charge is -2.55. The molecule has 1 atom stereocenters. The Morgan fingerprint density at radius 3 is 1.81 bits per heavy atom. The van der Waals surface area contributed by atoms with E-state index in [2.05, 4.69) is 14.2 Å². The number of esters is 2. The summed E-state index contributed by atoms with van der Waals surface area (Å²) in [6.07, 6.45) is -5.91. The summed E-state index contributed by atoms with van der Waals surface area (Å²) >= 11 is 0. The van der Waals surface area contributed by atoms with E-state index in [1.165, 1.54) is 0 Å². The number of carbonyl (C=O) groups is 2. The third kappa shape index (κ3) is 4.91. The molecular formula is C20H25F7O8S. The van der Waals surface area contributed by atoms with E-state index >= 15 is 0 Å². The van der Waals surface area contributed by atoms with Crippen LogP contribution >= 0.6 is 0 Å². The van der Waals surface area contributed by atoms with Crippen molar-refractivity contribution in [3.63, 3.8) is 0 Å². The maximum atomic E-state index is 14.1. The molecule has 8 nitrogen and oxygen atoms in total. The van der Waals surface area contributed by atoms with E-state index < -0.39 is 70.1 Å². The molecule has 0 spiro atoms. The van der Waals surface area contributed by atoms with Crippen LogP contribution in [0.2, 0.25) is 0 Å². The molecule has 0 heterocycles. The number of hydrogen-bond donors (Lipinski definition) is 1. The number of ether oxygens (including phenoxy) is 3. The first kappa shape index (κ1) is 28.9. The van der Waals surface area contributed by atoms with E-state index in [1.807, 2.05) is 0 Å². The summed E-state index contributed by atoms with van der Waals surface area (Å²) < 4.78 is 139. The van der Waals surface area contributed by atoms with Gasteiger partial charge in [0, 0.05) is 6.42 Å². The lowest BCUT2D eigenvalue weighted by molar-refractivity contribution is -0.359. The predicted molar refractivity (Wildman–Crippen MR) is 104 cm³/mol. The fourth-order valence-electron chi connectivity index (χ4n) is 5.96. The minimum atomic E-state index is -6.55. The van der Waals surface area contributed by atoms with Crippen molar-refractivity contribution in [2.24, 2.45) is 23.2 Å². The van der Waals surface area contributed by atoms with Crippen LogP contribution in [0.25, 0.3) is 0 Å². The van der Waals surface area contributed by atoms with E-state index in [1.54, 1.807) is 0 Å². The SMILES string of the molecule is COC(=O)C(OCCCC(F)(F)C(F)(F)S(=O)(=O)O)(OC(=O)C12CC3CC(CC(C3)C1)C2)C(F)(F)F. The van der Waals surface area contributed by atoms with Gasteiger partial charge in [0.15, 0.2) is 0 Å². The molecule has 0 radical (unpaired) electrons. The average molecular weight is 558 g/mol. The fraction of sp³-hybridized carbons (Fsp3) is 0.900. The van der Waals surface area contributed by atoms with E-state index in [-0.39, 0.29) is 37.0 Å². The highest BCUT2D eigenvalue weighted by molar-refractivity contribution is 7.87. The van der Waals surface area contributed by atoms with Crippen LogP contribution < -0.4 is 0 Å². The Balaban J connectivity index is 1.78. The molecular weight excluding hydrogens is 533 g/mol. The largest absolute Gasteiger partial charge is 0.468 e. The smallest absolute Gasteiger partial charge is 0.464 e. The Kier molecular flexibility index (Phi) is 7.43. The zero-order valence-electron chi connectivity index (χ0n) is 19.0. The number of hydrogen-bond acceptors (Lipinski definition) is 7. The maximum absolute atomic E-state index is 14.1. The standard InChI is InChI=1S/C20H25F7O8S/c1-33-15(29)18(19(23,24)25,34-4-2-3-17(21,22)20(26,27)36(30,31)32)35-14(28)16-8-11-5-12(9-16)7-13(6-11)10-16/h11-13H,2-10H2,1H3,(H,30,31,32). The Morgan fingerprint density at radius 2 is 1.42 bits per heavy atom. The third-order valence-electron chi connectivity index (χ3n) is 7.23. The van der Waals surface area contributed by atoms with Crippen molar-refractivity contribution in [2.45, 2.75) is 74.5 Å². The summed E-state index contributed by atoms with van der Waals surface area (Å²) in [6, 6.07) is 0. The maximum Gasteiger partial charge on any atom is 0.468 e. The lowest BCUT2D eigenvalue weighted by Crippen LogP contribution is -2.61. The molecule has 0 aromatic heterocycles. The normalized spacial score (nSPS) is 30.1. The molecule has 1 N–H and O–H groups in total. The van der Waals surface area contributed by atoms with Gasteiger partial charge in [-0.25, -0.2) is 4.79 Å². The van der Waals surface area contributed by atoms with Gasteiger partial charge in [-0.05, 0) is 62.7 Å². The number of rotatable bonds is 10. The molecule has 208 valence electrons. The quantitative estimate of drug-likeness (QED) is 0.140. The predicted octanol–water partition coefficient (Wildman–Crippen LogP) is 4.09. The highest BCUT2D eigenvalue weighted by atomic mass is 32.2. The average Bonchev–Trinajstić information content (AvgIpc) is 2.72. The van der Waals surface area contributed by atoms with Crippen molar-refractivity contribution < 1.29 is 67.5 Å². The van der Waals surface area contributed by atoms with Crippen molar-refractivity contribution in [3.8, 4) is 0 Å². The van der Waals surface area contributed by atoms with E-state index in [0.717, 1.165) is 19.3 Å². The molecule has 4 bridgehead atoms. The van der Waals surface area contributed by atoms with Gasteiger partial charge in [-0.2, -0.15) is 39.2 Å². The summed E-state index contributed by atoms with van der Waals surface area (Å²) in [6.45, 7) is -1.49. The minimum Gasteiger partial charge on any atom is -0.464 e. The van der Waals surface area contributed by atoms with Gasteiger partial charge in [0.05, 0.1) is 19.1 Å². The topological polar surface area (TPSA) is 116 Å². The van der Waals surface area contributed by atoms with Gasteiger partial charge in [0.1, 0.15) is 0 Å². The highest BCUT2D eigenvalue weighted by Gasteiger charge is 2.70. The number of methoxy groups -OCH3 is 1. The lowest BCUT2D eigenvalue weighted by atomic mass is 9.49. The minimum absolute atomic E-state index is 0.106. The zero-order valence-corrected chi connectivity index (χ0v) is 19.8. The van der Waals surface area contributed by atoms with Gasteiger partial charge in [0.25, 0.3) is 0 Å². The van der Waals surface area contributed by atoms with Crippen molar-refractivity contribution in [1.29, 1.82) is 0 Å². The van der Waals surface area contributed by atoms with Gasteiger partial charge in [-0.1, -0.05) is 0 Å². The first-order valence-corrected chi connectivity index (χ1v) is 12.5. The summed E-state index contributed by atoms with van der Waals surface area (Å²) in [7, 11) is -6.02. The summed E-state index contributed by atoms with van der Waals surface area (Å²) in [4.78, 5) is 25.3. The van der Waals surface area contributed by atoms with E-state index in [9.17, 15) is 48.7 Å². The second-order valence-corrected chi connectivity index (χ2v) is 11.3. The van der Waals surface area contributed by atoms with Gasteiger partial charge in [0.2, 0.25) is 0 Å². The zero-order chi connectivity index (χ0) is 27.4. The van der Waals surface area contributed by atoms with Crippen molar-refractivity contribution >= 4 is 22.1 Å². The molecule has 4 aliphatic rings. The molecule has 4 aliphatic carbocycles. The van der Waals surface area contributed by atoms with Crippen LogP contribution in [-0.2, 0) is 33.9 Å². The van der Waals surface area contributed by atoms with Crippen molar-refractivity contribution in [2.75, 3.05) is 13.7 Å². The number of halogens is 7. The van der Waals surface area contributed by atoms with Gasteiger partial charge in [-0.15, -0.1) is 0 Å². The van der Waals surface area contributed by atoms with Gasteiger partial charge < -0.3 is 14.2 Å². The molecule has 0 aromatic rings. The van der Waals surface area contributed by atoms with Gasteiger partial charge in [-0.3, -0.25) is 9.35 Å². The highest BCUT2D eigenvalue weighted by Crippen LogP contribution is 2.61. The molecule has 4 rings (SSSR count). The Morgan fingerprint density at radius 1 is 0.944 bits per heavy atom. The van der Waals surface area contributed by atoms with Crippen molar-refractivity contribution in [1.82, 2.24) is 0 Å².